The SMILES string of the molecule is CCC12c3ccccc3C(CC)(c3cc(Cl)ccc31)N2C1CC1. The summed E-state index contributed by atoms with van der Waals surface area (Å²) >= 11 is 6.42. The molecule has 0 spiro atoms. The molecule has 0 N–H and O–H groups in total. The molecule has 5 rings (SSSR count). The number of halogens is 1. The first-order valence-electron chi connectivity index (χ1n) is 8.90. The van der Waals surface area contributed by atoms with Crippen LogP contribution in [0.5, 0.6) is 0 Å². The average molecular weight is 324 g/mol. The summed E-state index contributed by atoms with van der Waals surface area (Å²) in [6.45, 7) is 4.69. The largest absolute Gasteiger partial charge is 0.273 e. The van der Waals surface area contributed by atoms with Crippen LogP contribution >= 0.6 is 11.6 Å². The van der Waals surface area contributed by atoms with Gasteiger partial charge in [0.25, 0.3) is 0 Å². The van der Waals surface area contributed by atoms with E-state index in [1.807, 2.05) is 0 Å². The number of fused-ring (bicyclic) bond motifs is 8. The second-order valence-corrected chi connectivity index (χ2v) is 7.70. The molecule has 1 aliphatic carbocycles. The van der Waals surface area contributed by atoms with E-state index < -0.39 is 0 Å². The van der Waals surface area contributed by atoms with Crippen LogP contribution < -0.4 is 0 Å². The molecule has 23 heavy (non-hydrogen) atoms. The Bertz CT molecular complexity index is 809. The molecule has 3 aliphatic rings. The molecule has 0 saturated heterocycles. The minimum atomic E-state index is 0.0218. The fraction of sp³-hybridized carbons (Fsp3) is 0.429. The van der Waals surface area contributed by atoms with Gasteiger partial charge in [0.05, 0.1) is 11.1 Å². The molecule has 2 aliphatic heterocycles. The Labute approximate surface area is 143 Å². The van der Waals surface area contributed by atoms with Gasteiger partial charge in [-0.3, -0.25) is 4.90 Å². The minimum Gasteiger partial charge on any atom is -0.273 e. The van der Waals surface area contributed by atoms with E-state index in [0.29, 0.717) is 6.04 Å². The van der Waals surface area contributed by atoms with Crippen LogP contribution in [-0.2, 0) is 11.1 Å². The van der Waals surface area contributed by atoms with Crippen molar-refractivity contribution < 1.29 is 0 Å². The molecule has 2 aromatic carbocycles. The molecule has 118 valence electrons. The van der Waals surface area contributed by atoms with Crippen LogP contribution in [0, 0.1) is 0 Å². The van der Waals surface area contributed by atoms with Gasteiger partial charge in [-0.15, -0.1) is 0 Å². The third-order valence-corrected chi connectivity index (χ3v) is 6.68. The van der Waals surface area contributed by atoms with Gasteiger partial charge in [-0.05, 0) is 60.1 Å². The van der Waals surface area contributed by atoms with Crippen molar-refractivity contribution in [3.05, 3.63) is 69.7 Å². The Hall–Kier alpha value is -1.31. The topological polar surface area (TPSA) is 3.24 Å². The molecule has 2 heterocycles. The molecule has 2 heteroatoms. The smallest absolute Gasteiger partial charge is 0.0732 e. The minimum absolute atomic E-state index is 0.0218. The lowest BCUT2D eigenvalue weighted by Gasteiger charge is -2.40. The quantitative estimate of drug-likeness (QED) is 0.727. The monoisotopic (exact) mass is 323 g/mol. The van der Waals surface area contributed by atoms with Crippen LogP contribution in [-0.4, -0.2) is 10.9 Å². The lowest BCUT2D eigenvalue weighted by Crippen LogP contribution is -2.46. The summed E-state index contributed by atoms with van der Waals surface area (Å²) in [5, 5.41) is 0.864. The van der Waals surface area contributed by atoms with Crippen LogP contribution in [0.15, 0.2) is 42.5 Å². The highest BCUT2D eigenvalue weighted by molar-refractivity contribution is 6.30. The third-order valence-electron chi connectivity index (χ3n) is 6.45. The van der Waals surface area contributed by atoms with E-state index in [0.717, 1.165) is 17.9 Å². The van der Waals surface area contributed by atoms with Gasteiger partial charge >= 0.3 is 0 Å². The Morgan fingerprint density at radius 2 is 1.48 bits per heavy atom. The number of nitrogens with zero attached hydrogens (tertiary/aromatic N) is 1. The molecule has 2 aromatic rings. The molecule has 2 bridgehead atoms. The normalized spacial score (nSPS) is 31.3. The molecular formula is C21H22ClN. The summed E-state index contributed by atoms with van der Waals surface area (Å²) in [5.41, 5.74) is 6.08. The Morgan fingerprint density at radius 1 is 0.913 bits per heavy atom. The van der Waals surface area contributed by atoms with Crippen LogP contribution in [0.25, 0.3) is 0 Å². The first-order valence-corrected chi connectivity index (χ1v) is 9.28. The van der Waals surface area contributed by atoms with E-state index in [1.165, 1.54) is 35.1 Å². The van der Waals surface area contributed by atoms with Crippen molar-refractivity contribution in [2.75, 3.05) is 0 Å². The van der Waals surface area contributed by atoms with Crippen molar-refractivity contribution in [1.82, 2.24) is 4.90 Å². The van der Waals surface area contributed by atoms with Crippen molar-refractivity contribution >= 4 is 11.6 Å². The lowest BCUT2D eigenvalue weighted by molar-refractivity contribution is 0.0589. The van der Waals surface area contributed by atoms with Crippen molar-refractivity contribution in [3.63, 3.8) is 0 Å². The number of benzene rings is 2. The van der Waals surface area contributed by atoms with E-state index in [-0.39, 0.29) is 11.1 Å². The van der Waals surface area contributed by atoms with Crippen molar-refractivity contribution in [2.45, 2.75) is 56.7 Å². The van der Waals surface area contributed by atoms with E-state index >= 15 is 0 Å². The van der Waals surface area contributed by atoms with Gasteiger partial charge < -0.3 is 0 Å². The summed E-state index contributed by atoms with van der Waals surface area (Å²) in [7, 11) is 0. The van der Waals surface area contributed by atoms with Crippen molar-refractivity contribution in [1.29, 1.82) is 0 Å². The zero-order valence-corrected chi connectivity index (χ0v) is 14.5. The molecular weight excluding hydrogens is 302 g/mol. The Kier molecular flexibility index (Phi) is 2.69. The van der Waals surface area contributed by atoms with Gasteiger partial charge in [0, 0.05) is 11.1 Å². The number of rotatable bonds is 3. The highest BCUT2D eigenvalue weighted by Gasteiger charge is 2.67. The molecule has 0 aromatic heterocycles. The van der Waals surface area contributed by atoms with E-state index in [1.54, 1.807) is 0 Å². The van der Waals surface area contributed by atoms with Gasteiger partial charge in [-0.25, -0.2) is 0 Å². The van der Waals surface area contributed by atoms with Gasteiger partial charge in [0.15, 0.2) is 0 Å². The standard InChI is InChI=1S/C21H22ClN/c1-3-20-16-7-5-6-8-17(16)21(4-2,23(20)15-10-11-15)19-13-14(22)9-12-18(19)20/h5-9,12-13,15H,3-4,10-11H2,1-2H3. The maximum atomic E-state index is 6.42. The maximum absolute atomic E-state index is 6.42. The van der Waals surface area contributed by atoms with Crippen LogP contribution in [0.4, 0.5) is 0 Å². The van der Waals surface area contributed by atoms with Crippen molar-refractivity contribution in [2.24, 2.45) is 0 Å². The predicted octanol–water partition coefficient (Wildman–Crippen LogP) is 5.44. The van der Waals surface area contributed by atoms with E-state index in [9.17, 15) is 0 Å². The summed E-state index contributed by atoms with van der Waals surface area (Å²) in [4.78, 5) is 2.87. The first-order chi connectivity index (χ1) is 11.2. The highest BCUT2D eigenvalue weighted by Crippen LogP contribution is 2.68. The first kappa shape index (κ1) is 14.1. The zero-order chi connectivity index (χ0) is 15.8. The van der Waals surface area contributed by atoms with E-state index in [4.69, 9.17) is 11.6 Å². The summed E-state index contributed by atoms with van der Waals surface area (Å²) < 4.78 is 0. The molecule has 2 atom stereocenters. The fourth-order valence-corrected chi connectivity index (χ4v) is 5.79. The maximum Gasteiger partial charge on any atom is 0.0732 e. The fourth-order valence-electron chi connectivity index (χ4n) is 5.62. The van der Waals surface area contributed by atoms with Crippen LogP contribution in [0.1, 0.15) is 61.8 Å². The third kappa shape index (κ3) is 1.41. The average Bonchev–Trinajstić information content (AvgIpc) is 3.34. The number of hydrogen-bond donors (Lipinski definition) is 0. The molecule has 2 unspecified atom stereocenters. The molecule has 1 saturated carbocycles. The summed E-state index contributed by atoms with van der Waals surface area (Å²) in [5.74, 6) is 0. The van der Waals surface area contributed by atoms with Gasteiger partial charge in [-0.2, -0.15) is 0 Å². The predicted molar refractivity (Wildman–Crippen MR) is 94.9 cm³/mol. The van der Waals surface area contributed by atoms with Crippen LogP contribution in [0.2, 0.25) is 5.02 Å². The second kappa shape index (κ2) is 4.40. The van der Waals surface area contributed by atoms with Gasteiger partial charge in [0.2, 0.25) is 0 Å². The number of hydrogen-bond acceptors (Lipinski definition) is 1. The van der Waals surface area contributed by atoms with Crippen molar-refractivity contribution in [3.8, 4) is 0 Å². The summed E-state index contributed by atoms with van der Waals surface area (Å²) in [6, 6.07) is 16.5. The lowest BCUT2D eigenvalue weighted by atomic mass is 9.71. The van der Waals surface area contributed by atoms with Gasteiger partial charge in [0.1, 0.15) is 0 Å². The summed E-state index contributed by atoms with van der Waals surface area (Å²) in [6.07, 6.45) is 4.89. The Morgan fingerprint density at radius 3 is 2.04 bits per heavy atom. The molecule has 1 nitrogen and oxygen atoms in total. The van der Waals surface area contributed by atoms with Crippen LogP contribution in [0.3, 0.4) is 0 Å². The molecule has 0 amide bonds. The molecule has 1 fully saturated rings. The Balaban J connectivity index is 1.93. The van der Waals surface area contributed by atoms with E-state index in [2.05, 4.69) is 61.2 Å². The molecule has 0 radical (unpaired) electrons. The second-order valence-electron chi connectivity index (χ2n) is 7.26. The zero-order valence-electron chi connectivity index (χ0n) is 13.8. The van der Waals surface area contributed by atoms with Gasteiger partial charge in [-0.1, -0.05) is 55.8 Å². The highest BCUT2D eigenvalue weighted by atomic mass is 35.5.